The maximum Gasteiger partial charge on any atom is 0.234 e. The molecular weight excluding hydrogens is 238 g/mol. The van der Waals surface area contributed by atoms with E-state index in [0.29, 0.717) is 24.5 Å². The van der Waals surface area contributed by atoms with Crippen LogP contribution in [0.3, 0.4) is 0 Å². The minimum absolute atomic E-state index is 0.205. The first-order valence-electron chi connectivity index (χ1n) is 7.98. The maximum atomic E-state index is 12.1. The highest BCUT2D eigenvalue weighted by molar-refractivity contribution is 5.78. The fourth-order valence-corrected chi connectivity index (χ4v) is 3.76. The Morgan fingerprint density at radius 1 is 1.21 bits per heavy atom. The van der Waals surface area contributed by atoms with Crippen molar-refractivity contribution in [3.05, 3.63) is 0 Å². The van der Waals surface area contributed by atoms with Gasteiger partial charge in [-0.25, -0.2) is 0 Å². The molecule has 3 N–H and O–H groups in total. The Bertz CT molecular complexity index is 289. The zero-order valence-corrected chi connectivity index (χ0v) is 12.2. The summed E-state index contributed by atoms with van der Waals surface area (Å²) in [6.45, 7) is 4.40. The van der Waals surface area contributed by atoms with Crippen LogP contribution in [0, 0.1) is 5.92 Å². The highest BCUT2D eigenvalue weighted by Gasteiger charge is 2.31. The third-order valence-electron chi connectivity index (χ3n) is 4.86. The number of hydrogen-bond acceptors (Lipinski definition) is 3. The normalized spacial score (nSPS) is 28.2. The van der Waals surface area contributed by atoms with Crippen LogP contribution in [0.4, 0.5) is 0 Å². The molecule has 4 heteroatoms. The molecule has 2 unspecified atom stereocenters. The van der Waals surface area contributed by atoms with E-state index in [1.165, 1.54) is 32.1 Å². The van der Waals surface area contributed by atoms with Crippen molar-refractivity contribution in [3.63, 3.8) is 0 Å². The topological polar surface area (TPSA) is 58.4 Å². The van der Waals surface area contributed by atoms with E-state index in [1.54, 1.807) is 0 Å². The van der Waals surface area contributed by atoms with Gasteiger partial charge in [-0.3, -0.25) is 9.69 Å². The quantitative estimate of drug-likeness (QED) is 0.766. The molecule has 1 amide bonds. The largest absolute Gasteiger partial charge is 0.352 e. The van der Waals surface area contributed by atoms with Gasteiger partial charge in [0.2, 0.25) is 5.91 Å². The van der Waals surface area contributed by atoms with Gasteiger partial charge in [-0.2, -0.15) is 0 Å². The van der Waals surface area contributed by atoms with Crippen molar-refractivity contribution in [1.29, 1.82) is 0 Å². The number of amides is 1. The van der Waals surface area contributed by atoms with Crippen molar-refractivity contribution in [1.82, 2.24) is 10.2 Å². The summed E-state index contributed by atoms with van der Waals surface area (Å²) >= 11 is 0. The lowest BCUT2D eigenvalue weighted by Gasteiger charge is -2.31. The molecule has 0 aromatic carbocycles. The van der Waals surface area contributed by atoms with Crippen LogP contribution in [0.5, 0.6) is 0 Å². The van der Waals surface area contributed by atoms with Gasteiger partial charge in [0.25, 0.3) is 0 Å². The van der Waals surface area contributed by atoms with E-state index in [2.05, 4.69) is 17.1 Å². The van der Waals surface area contributed by atoms with E-state index >= 15 is 0 Å². The van der Waals surface area contributed by atoms with Gasteiger partial charge in [-0.15, -0.1) is 0 Å². The summed E-state index contributed by atoms with van der Waals surface area (Å²) in [5.74, 6) is 0.788. The van der Waals surface area contributed by atoms with Gasteiger partial charge in [0.05, 0.1) is 6.54 Å². The second kappa shape index (κ2) is 7.25. The molecule has 2 aliphatic carbocycles. The van der Waals surface area contributed by atoms with Crippen LogP contribution in [0.15, 0.2) is 0 Å². The third kappa shape index (κ3) is 3.93. The molecule has 2 aliphatic rings. The van der Waals surface area contributed by atoms with Gasteiger partial charge in [0.1, 0.15) is 0 Å². The molecule has 110 valence electrons. The molecule has 2 saturated carbocycles. The molecule has 0 aliphatic heterocycles. The van der Waals surface area contributed by atoms with E-state index in [1.807, 2.05) is 0 Å². The van der Waals surface area contributed by atoms with E-state index in [0.717, 1.165) is 25.9 Å². The van der Waals surface area contributed by atoms with Crippen LogP contribution in [-0.2, 0) is 4.79 Å². The van der Waals surface area contributed by atoms with Gasteiger partial charge in [0.15, 0.2) is 0 Å². The second-order valence-corrected chi connectivity index (χ2v) is 6.11. The summed E-state index contributed by atoms with van der Waals surface area (Å²) in [5.41, 5.74) is 5.85. The summed E-state index contributed by atoms with van der Waals surface area (Å²) in [6.07, 6.45) is 8.53. The highest BCUT2D eigenvalue weighted by Crippen LogP contribution is 2.29. The van der Waals surface area contributed by atoms with Gasteiger partial charge >= 0.3 is 0 Å². The molecule has 19 heavy (non-hydrogen) atoms. The number of rotatable bonds is 6. The summed E-state index contributed by atoms with van der Waals surface area (Å²) in [7, 11) is 0. The Hall–Kier alpha value is -0.610. The van der Waals surface area contributed by atoms with Crippen LogP contribution >= 0.6 is 0 Å². The molecular formula is C15H29N3O. The third-order valence-corrected chi connectivity index (χ3v) is 4.86. The molecule has 0 aromatic heterocycles. The van der Waals surface area contributed by atoms with Crippen LogP contribution in [-0.4, -0.2) is 42.5 Å². The fraction of sp³-hybridized carbons (Fsp3) is 0.933. The molecule has 0 radical (unpaired) electrons. The molecule has 4 nitrogen and oxygen atoms in total. The predicted octanol–water partition coefficient (Wildman–Crippen LogP) is 1.49. The van der Waals surface area contributed by atoms with Crippen molar-refractivity contribution < 1.29 is 4.79 Å². The number of nitrogens with two attached hydrogens (primary N) is 1. The highest BCUT2D eigenvalue weighted by atomic mass is 16.2. The van der Waals surface area contributed by atoms with Crippen LogP contribution in [0.1, 0.15) is 51.9 Å². The Labute approximate surface area is 117 Å². The predicted molar refractivity (Wildman–Crippen MR) is 77.8 cm³/mol. The zero-order valence-electron chi connectivity index (χ0n) is 12.2. The monoisotopic (exact) mass is 267 g/mol. The SMILES string of the molecule is CCN(CC(=O)NC1CCCC1)C1CCCC1CN. The minimum Gasteiger partial charge on any atom is -0.352 e. The van der Waals surface area contributed by atoms with Crippen LogP contribution < -0.4 is 11.1 Å². The Morgan fingerprint density at radius 2 is 1.95 bits per heavy atom. The number of nitrogens with zero attached hydrogens (tertiary/aromatic N) is 1. The molecule has 0 bridgehead atoms. The first kappa shape index (κ1) is 14.8. The molecule has 2 atom stereocenters. The van der Waals surface area contributed by atoms with Crippen LogP contribution in [0.2, 0.25) is 0 Å². The number of carbonyl (C=O) groups is 1. The molecule has 0 spiro atoms. The number of nitrogens with one attached hydrogen (secondary N) is 1. The summed E-state index contributed by atoms with van der Waals surface area (Å²) in [5, 5.41) is 3.19. The van der Waals surface area contributed by atoms with Crippen molar-refractivity contribution in [3.8, 4) is 0 Å². The average Bonchev–Trinajstić information content (AvgIpc) is 3.06. The number of hydrogen-bond donors (Lipinski definition) is 2. The van der Waals surface area contributed by atoms with E-state index in [4.69, 9.17) is 5.73 Å². The van der Waals surface area contributed by atoms with Gasteiger partial charge in [-0.1, -0.05) is 26.2 Å². The van der Waals surface area contributed by atoms with Crippen molar-refractivity contribution in [2.75, 3.05) is 19.6 Å². The smallest absolute Gasteiger partial charge is 0.234 e. The molecule has 0 heterocycles. The van der Waals surface area contributed by atoms with Crippen molar-refractivity contribution in [2.24, 2.45) is 11.7 Å². The van der Waals surface area contributed by atoms with E-state index in [9.17, 15) is 4.79 Å². The maximum absolute atomic E-state index is 12.1. The van der Waals surface area contributed by atoms with Gasteiger partial charge < -0.3 is 11.1 Å². The molecule has 2 rings (SSSR count). The molecule has 0 aromatic rings. The Balaban J connectivity index is 1.82. The standard InChI is InChI=1S/C15H29N3O/c1-2-18(14-9-5-6-12(14)10-16)11-15(19)17-13-7-3-4-8-13/h12-14H,2-11,16H2,1H3,(H,17,19). The lowest BCUT2D eigenvalue weighted by molar-refractivity contribution is -0.123. The molecule has 2 fully saturated rings. The van der Waals surface area contributed by atoms with Gasteiger partial charge in [-0.05, 0) is 44.7 Å². The summed E-state index contributed by atoms with van der Waals surface area (Å²) in [4.78, 5) is 14.5. The number of carbonyl (C=O) groups excluding carboxylic acids is 1. The van der Waals surface area contributed by atoms with Crippen molar-refractivity contribution >= 4 is 5.91 Å². The van der Waals surface area contributed by atoms with Crippen LogP contribution in [0.25, 0.3) is 0 Å². The minimum atomic E-state index is 0.205. The summed E-state index contributed by atoms with van der Waals surface area (Å²) < 4.78 is 0. The lowest BCUT2D eigenvalue weighted by atomic mass is 10.0. The second-order valence-electron chi connectivity index (χ2n) is 6.11. The van der Waals surface area contributed by atoms with Gasteiger partial charge in [0, 0.05) is 12.1 Å². The fourth-order valence-electron chi connectivity index (χ4n) is 3.76. The first-order chi connectivity index (χ1) is 9.24. The number of likely N-dealkylation sites (N-methyl/N-ethyl adjacent to an activating group) is 1. The van der Waals surface area contributed by atoms with Crippen molar-refractivity contribution in [2.45, 2.75) is 64.0 Å². The zero-order chi connectivity index (χ0) is 13.7. The van der Waals surface area contributed by atoms with E-state index in [-0.39, 0.29) is 5.91 Å². The Morgan fingerprint density at radius 3 is 2.58 bits per heavy atom. The molecule has 0 saturated heterocycles. The summed E-state index contributed by atoms with van der Waals surface area (Å²) in [6, 6.07) is 0.949. The van der Waals surface area contributed by atoms with E-state index < -0.39 is 0 Å². The first-order valence-corrected chi connectivity index (χ1v) is 7.98. The Kier molecular flexibility index (Phi) is 5.64. The average molecular weight is 267 g/mol. The lowest BCUT2D eigenvalue weighted by Crippen LogP contribution is -2.47.